The molecule has 1 fully saturated rings. The summed E-state index contributed by atoms with van der Waals surface area (Å²) in [7, 11) is -1.58. The second-order valence-electron chi connectivity index (χ2n) is 6.24. The van der Waals surface area contributed by atoms with Gasteiger partial charge in [0.05, 0.1) is 8.07 Å². The SMILES string of the molecule is C[Si](C)(C)C1=CC23CC=CCC12C(=O)OC3=O. The van der Waals surface area contributed by atoms with Crippen LogP contribution in [0.1, 0.15) is 12.8 Å². The molecule has 1 saturated heterocycles. The molecule has 3 aliphatic rings. The minimum atomic E-state index is -1.58. The van der Waals surface area contributed by atoms with Crippen molar-refractivity contribution in [3.05, 3.63) is 23.4 Å². The Balaban J connectivity index is 2.22. The second kappa shape index (κ2) is 2.80. The number of carbonyl (C=O) groups is 2. The maximum absolute atomic E-state index is 12.2. The number of cyclic esters (lactones) is 2. The molecule has 4 heteroatoms. The lowest BCUT2D eigenvalue weighted by molar-refractivity contribution is -0.154. The number of allylic oxidation sites excluding steroid dienone is 2. The number of hydrogen-bond acceptors (Lipinski definition) is 3. The average Bonchev–Trinajstić information content (AvgIpc) is 2.34. The molecule has 0 N–H and O–H groups in total. The summed E-state index contributed by atoms with van der Waals surface area (Å²) in [4.78, 5) is 24.1. The molecule has 90 valence electrons. The van der Waals surface area contributed by atoms with E-state index in [1.165, 1.54) is 5.20 Å². The second-order valence-corrected chi connectivity index (χ2v) is 11.3. The third-order valence-corrected chi connectivity index (χ3v) is 6.54. The Labute approximate surface area is 102 Å². The van der Waals surface area contributed by atoms with Crippen molar-refractivity contribution < 1.29 is 14.3 Å². The lowest BCUT2D eigenvalue weighted by Gasteiger charge is -2.53. The number of rotatable bonds is 1. The van der Waals surface area contributed by atoms with E-state index in [4.69, 9.17) is 4.74 Å². The zero-order valence-electron chi connectivity index (χ0n) is 10.4. The van der Waals surface area contributed by atoms with Crippen molar-refractivity contribution in [1.29, 1.82) is 0 Å². The summed E-state index contributed by atoms with van der Waals surface area (Å²) in [6, 6.07) is 0. The predicted octanol–water partition coefficient (Wildman–Crippen LogP) is 2.21. The van der Waals surface area contributed by atoms with Gasteiger partial charge in [0.15, 0.2) is 0 Å². The highest BCUT2D eigenvalue weighted by Crippen LogP contribution is 2.67. The van der Waals surface area contributed by atoms with Crippen LogP contribution in [0, 0.1) is 10.8 Å². The van der Waals surface area contributed by atoms with Crippen LogP contribution in [0.15, 0.2) is 23.4 Å². The molecule has 0 saturated carbocycles. The largest absolute Gasteiger partial charge is 0.392 e. The summed E-state index contributed by atoms with van der Waals surface area (Å²) in [5.74, 6) is -0.652. The van der Waals surface area contributed by atoms with E-state index >= 15 is 0 Å². The Kier molecular flexibility index (Phi) is 1.81. The van der Waals surface area contributed by atoms with Gasteiger partial charge in [0.2, 0.25) is 0 Å². The first-order valence-corrected chi connectivity index (χ1v) is 9.50. The zero-order valence-corrected chi connectivity index (χ0v) is 11.4. The molecule has 0 bridgehead atoms. The Morgan fingerprint density at radius 3 is 2.41 bits per heavy atom. The number of ether oxygens (including phenoxy) is 1. The van der Waals surface area contributed by atoms with Crippen LogP contribution in [0.2, 0.25) is 19.6 Å². The first-order valence-electron chi connectivity index (χ1n) is 6.00. The molecule has 0 radical (unpaired) electrons. The minimum absolute atomic E-state index is 0.313. The van der Waals surface area contributed by atoms with Crippen LogP contribution in [-0.2, 0) is 14.3 Å². The van der Waals surface area contributed by atoms with Gasteiger partial charge in [-0.25, -0.2) is 0 Å². The van der Waals surface area contributed by atoms with Gasteiger partial charge in [-0.3, -0.25) is 9.59 Å². The van der Waals surface area contributed by atoms with E-state index in [0.717, 1.165) is 0 Å². The highest BCUT2D eigenvalue weighted by Gasteiger charge is 2.75. The normalized spacial score (nSPS) is 39.1. The Morgan fingerprint density at radius 2 is 1.76 bits per heavy atom. The van der Waals surface area contributed by atoms with Crippen LogP contribution < -0.4 is 0 Å². The minimum Gasteiger partial charge on any atom is -0.392 e. The van der Waals surface area contributed by atoms with Gasteiger partial charge in [-0.2, -0.15) is 0 Å². The van der Waals surface area contributed by atoms with E-state index in [-0.39, 0.29) is 11.9 Å². The van der Waals surface area contributed by atoms with Crippen molar-refractivity contribution in [2.24, 2.45) is 10.8 Å². The number of hydrogen-bond donors (Lipinski definition) is 0. The summed E-state index contributed by atoms with van der Waals surface area (Å²) in [5, 5.41) is 1.20. The summed E-state index contributed by atoms with van der Waals surface area (Å²) in [5.41, 5.74) is -1.29. The topological polar surface area (TPSA) is 43.4 Å². The van der Waals surface area contributed by atoms with Crippen molar-refractivity contribution in [3.8, 4) is 0 Å². The Hall–Kier alpha value is -1.16. The molecule has 1 aliphatic heterocycles. The van der Waals surface area contributed by atoms with E-state index in [9.17, 15) is 9.59 Å². The fourth-order valence-corrected chi connectivity index (χ4v) is 5.91. The molecular formula is C13H16O3Si. The van der Waals surface area contributed by atoms with Crippen molar-refractivity contribution in [3.63, 3.8) is 0 Å². The van der Waals surface area contributed by atoms with Crippen LogP contribution in [0.3, 0.4) is 0 Å². The predicted molar refractivity (Wildman–Crippen MR) is 65.8 cm³/mol. The molecule has 17 heavy (non-hydrogen) atoms. The highest BCUT2D eigenvalue weighted by atomic mass is 28.3. The van der Waals surface area contributed by atoms with Gasteiger partial charge >= 0.3 is 11.9 Å². The molecule has 0 aromatic heterocycles. The molecule has 0 amide bonds. The molecule has 0 spiro atoms. The summed E-state index contributed by atoms with van der Waals surface area (Å²) < 4.78 is 4.95. The van der Waals surface area contributed by atoms with Gasteiger partial charge in [0.1, 0.15) is 10.8 Å². The molecule has 2 unspecified atom stereocenters. The van der Waals surface area contributed by atoms with E-state index in [2.05, 4.69) is 19.6 Å². The van der Waals surface area contributed by atoms with Gasteiger partial charge in [-0.1, -0.05) is 43.1 Å². The Morgan fingerprint density at radius 1 is 1.12 bits per heavy atom. The molecule has 3 nitrogen and oxygen atoms in total. The quantitative estimate of drug-likeness (QED) is 0.309. The van der Waals surface area contributed by atoms with E-state index in [1.807, 2.05) is 18.2 Å². The van der Waals surface area contributed by atoms with Gasteiger partial charge in [0.25, 0.3) is 0 Å². The summed E-state index contributed by atoms with van der Waals surface area (Å²) in [6.45, 7) is 6.64. The average molecular weight is 248 g/mol. The maximum Gasteiger partial charge on any atom is 0.325 e. The van der Waals surface area contributed by atoms with Crippen molar-refractivity contribution in [1.82, 2.24) is 0 Å². The maximum atomic E-state index is 12.2. The molecule has 3 rings (SSSR count). The van der Waals surface area contributed by atoms with Crippen LogP contribution in [0.4, 0.5) is 0 Å². The summed E-state index contributed by atoms with van der Waals surface area (Å²) >= 11 is 0. The number of carbonyl (C=O) groups excluding carboxylic acids is 2. The third-order valence-electron chi connectivity index (χ3n) is 4.35. The molecule has 2 aliphatic carbocycles. The fraction of sp³-hybridized carbons (Fsp3) is 0.538. The van der Waals surface area contributed by atoms with E-state index in [1.54, 1.807) is 0 Å². The smallest absolute Gasteiger partial charge is 0.325 e. The first-order chi connectivity index (χ1) is 7.84. The van der Waals surface area contributed by atoms with Gasteiger partial charge < -0.3 is 4.74 Å². The number of esters is 2. The van der Waals surface area contributed by atoms with Crippen LogP contribution >= 0.6 is 0 Å². The Bertz CT molecular complexity index is 497. The molecule has 0 aromatic carbocycles. The lowest BCUT2D eigenvalue weighted by atomic mass is 9.52. The van der Waals surface area contributed by atoms with Crippen LogP contribution in [-0.4, -0.2) is 20.0 Å². The molecule has 1 heterocycles. The van der Waals surface area contributed by atoms with Crippen LogP contribution in [0.25, 0.3) is 0 Å². The van der Waals surface area contributed by atoms with E-state index in [0.29, 0.717) is 12.8 Å². The standard InChI is InChI=1S/C13H16O3Si/c1-17(2,3)9-8-12-6-4-5-7-13(9,12)11(15)16-10(12)14/h4-5,8H,6-7H2,1-3H3. The zero-order chi connectivity index (χ0) is 12.5. The van der Waals surface area contributed by atoms with Gasteiger partial charge in [-0.05, 0) is 12.8 Å². The third kappa shape index (κ3) is 0.984. The van der Waals surface area contributed by atoms with Gasteiger partial charge in [-0.15, -0.1) is 0 Å². The lowest BCUT2D eigenvalue weighted by Crippen LogP contribution is -2.58. The van der Waals surface area contributed by atoms with Gasteiger partial charge in [0, 0.05) is 0 Å². The molecule has 0 aromatic rings. The van der Waals surface area contributed by atoms with Crippen LogP contribution in [0.5, 0.6) is 0 Å². The molecule has 2 atom stereocenters. The summed E-state index contributed by atoms with van der Waals surface area (Å²) in [6.07, 6.45) is 7.30. The van der Waals surface area contributed by atoms with Crippen molar-refractivity contribution >= 4 is 20.0 Å². The van der Waals surface area contributed by atoms with E-state index < -0.39 is 18.9 Å². The fourth-order valence-electron chi connectivity index (χ4n) is 3.52. The monoisotopic (exact) mass is 248 g/mol. The molecular weight excluding hydrogens is 232 g/mol. The first kappa shape index (κ1) is 11.0. The van der Waals surface area contributed by atoms with Crippen molar-refractivity contribution in [2.45, 2.75) is 32.5 Å². The van der Waals surface area contributed by atoms with Crippen molar-refractivity contribution in [2.75, 3.05) is 0 Å². The highest BCUT2D eigenvalue weighted by molar-refractivity contribution is 6.84.